The van der Waals surface area contributed by atoms with Gasteiger partial charge >= 0.3 is 0 Å². The topological polar surface area (TPSA) is 12.5 Å². The van der Waals surface area contributed by atoms with Crippen LogP contribution in [-0.2, 0) is 0 Å². The molecule has 0 saturated heterocycles. The number of nitrogens with zero attached hydrogens (tertiary/aromatic N) is 1. The van der Waals surface area contributed by atoms with E-state index >= 15 is 0 Å². The fourth-order valence-corrected chi connectivity index (χ4v) is 3.21. The number of ether oxygens (including phenoxy) is 1. The molecule has 120 valence electrons. The summed E-state index contributed by atoms with van der Waals surface area (Å²) in [6.07, 6.45) is 3.30. The van der Waals surface area contributed by atoms with Crippen LogP contribution in [0.15, 0.2) is 48.5 Å². The van der Waals surface area contributed by atoms with E-state index in [0.717, 1.165) is 30.3 Å². The predicted octanol–water partition coefficient (Wildman–Crippen LogP) is 4.84. The van der Waals surface area contributed by atoms with Crippen LogP contribution in [0.25, 0.3) is 11.6 Å². The molecular formula is C20H22ClNO. The molecule has 0 fully saturated rings. The molecule has 1 aliphatic rings. The highest BCUT2D eigenvalue weighted by Gasteiger charge is 2.23. The Balaban J connectivity index is 2.06. The molecule has 0 spiro atoms. The Hall–Kier alpha value is -1.77. The number of fused-ring (bicyclic) bond motifs is 1. The van der Waals surface area contributed by atoms with Crippen molar-refractivity contribution in [3.8, 4) is 5.75 Å². The van der Waals surface area contributed by atoms with Crippen LogP contribution in [0.1, 0.15) is 17.5 Å². The van der Waals surface area contributed by atoms with Crippen LogP contribution in [0.2, 0.25) is 5.02 Å². The Kier molecular flexibility index (Phi) is 5.04. The SMILES string of the molecule is CN(C)CC1CCOc2ccccc2/C1=C/c1ccc(Cl)cc1. The van der Waals surface area contributed by atoms with Gasteiger partial charge in [0.1, 0.15) is 5.75 Å². The van der Waals surface area contributed by atoms with Gasteiger partial charge in [0, 0.05) is 23.0 Å². The van der Waals surface area contributed by atoms with E-state index in [4.69, 9.17) is 16.3 Å². The lowest BCUT2D eigenvalue weighted by Crippen LogP contribution is -2.23. The lowest BCUT2D eigenvalue weighted by molar-refractivity contribution is 0.279. The smallest absolute Gasteiger partial charge is 0.126 e. The van der Waals surface area contributed by atoms with Gasteiger partial charge in [-0.2, -0.15) is 0 Å². The van der Waals surface area contributed by atoms with E-state index in [1.54, 1.807) is 0 Å². The fraction of sp³-hybridized carbons (Fsp3) is 0.300. The molecule has 2 aromatic carbocycles. The van der Waals surface area contributed by atoms with Crippen LogP contribution in [0, 0.1) is 5.92 Å². The van der Waals surface area contributed by atoms with Gasteiger partial charge < -0.3 is 9.64 Å². The third kappa shape index (κ3) is 3.95. The summed E-state index contributed by atoms with van der Waals surface area (Å²) in [7, 11) is 4.25. The summed E-state index contributed by atoms with van der Waals surface area (Å²) >= 11 is 6.01. The molecule has 0 aliphatic carbocycles. The lowest BCUT2D eigenvalue weighted by Gasteiger charge is -2.22. The van der Waals surface area contributed by atoms with Crippen molar-refractivity contribution in [1.29, 1.82) is 0 Å². The molecule has 0 bridgehead atoms. The molecule has 0 amide bonds. The summed E-state index contributed by atoms with van der Waals surface area (Å²) in [5.41, 5.74) is 3.71. The van der Waals surface area contributed by atoms with Crippen molar-refractivity contribution in [2.24, 2.45) is 5.92 Å². The first-order chi connectivity index (χ1) is 11.1. The Morgan fingerprint density at radius 3 is 2.61 bits per heavy atom. The molecule has 2 aromatic rings. The fourth-order valence-electron chi connectivity index (χ4n) is 3.08. The van der Waals surface area contributed by atoms with E-state index in [9.17, 15) is 0 Å². The molecule has 23 heavy (non-hydrogen) atoms. The van der Waals surface area contributed by atoms with Gasteiger partial charge in [0.05, 0.1) is 6.61 Å². The summed E-state index contributed by atoms with van der Waals surface area (Å²) in [6.45, 7) is 1.77. The number of hydrogen-bond donors (Lipinski definition) is 0. The number of hydrogen-bond acceptors (Lipinski definition) is 2. The Morgan fingerprint density at radius 2 is 1.87 bits per heavy atom. The maximum Gasteiger partial charge on any atom is 0.126 e. The number of halogens is 1. The summed E-state index contributed by atoms with van der Waals surface area (Å²) < 4.78 is 5.97. The molecule has 0 aromatic heterocycles. The van der Waals surface area contributed by atoms with Gasteiger partial charge in [-0.25, -0.2) is 0 Å². The van der Waals surface area contributed by atoms with Crippen LogP contribution < -0.4 is 4.74 Å². The lowest BCUT2D eigenvalue weighted by atomic mass is 9.88. The molecule has 1 aliphatic heterocycles. The zero-order valence-electron chi connectivity index (χ0n) is 13.6. The van der Waals surface area contributed by atoms with E-state index in [1.165, 1.54) is 16.7 Å². The quantitative estimate of drug-likeness (QED) is 0.799. The molecule has 0 saturated carbocycles. The average molecular weight is 328 g/mol. The van der Waals surface area contributed by atoms with Gasteiger partial charge in [0.15, 0.2) is 0 Å². The molecule has 3 rings (SSSR count). The van der Waals surface area contributed by atoms with Crippen molar-refractivity contribution in [3.63, 3.8) is 0 Å². The Bertz CT molecular complexity index is 691. The van der Waals surface area contributed by atoms with Gasteiger partial charge in [0.25, 0.3) is 0 Å². The third-order valence-corrected chi connectivity index (χ3v) is 4.39. The molecule has 2 nitrogen and oxygen atoms in total. The molecule has 1 unspecified atom stereocenters. The Morgan fingerprint density at radius 1 is 1.13 bits per heavy atom. The summed E-state index contributed by atoms with van der Waals surface area (Å²) in [5, 5.41) is 0.765. The molecule has 0 N–H and O–H groups in total. The van der Waals surface area contributed by atoms with Crippen molar-refractivity contribution in [1.82, 2.24) is 4.90 Å². The predicted molar refractivity (Wildman–Crippen MR) is 97.9 cm³/mol. The average Bonchev–Trinajstić information content (AvgIpc) is 2.69. The van der Waals surface area contributed by atoms with Gasteiger partial charge in [-0.15, -0.1) is 0 Å². The van der Waals surface area contributed by atoms with Gasteiger partial charge in [-0.1, -0.05) is 48.0 Å². The van der Waals surface area contributed by atoms with E-state index in [2.05, 4.69) is 55.4 Å². The maximum absolute atomic E-state index is 6.01. The minimum atomic E-state index is 0.448. The monoisotopic (exact) mass is 327 g/mol. The van der Waals surface area contributed by atoms with Gasteiger partial charge in [-0.05, 0) is 49.9 Å². The van der Waals surface area contributed by atoms with Crippen LogP contribution in [-0.4, -0.2) is 32.1 Å². The Labute approximate surface area is 143 Å². The highest BCUT2D eigenvalue weighted by atomic mass is 35.5. The van der Waals surface area contributed by atoms with Crippen molar-refractivity contribution >= 4 is 23.3 Å². The van der Waals surface area contributed by atoms with Crippen molar-refractivity contribution in [2.45, 2.75) is 6.42 Å². The number of rotatable bonds is 3. The standard InChI is InChI=1S/C20H22ClNO/c1-22(2)14-16-11-12-23-20-6-4-3-5-18(20)19(16)13-15-7-9-17(21)10-8-15/h3-10,13,16H,11-12,14H2,1-2H3/b19-13+. The normalized spacial score (nSPS) is 19.3. The van der Waals surface area contributed by atoms with Crippen molar-refractivity contribution < 1.29 is 4.74 Å². The van der Waals surface area contributed by atoms with Crippen molar-refractivity contribution in [2.75, 3.05) is 27.2 Å². The number of para-hydroxylation sites is 1. The van der Waals surface area contributed by atoms with Gasteiger partial charge in [-0.3, -0.25) is 0 Å². The third-order valence-electron chi connectivity index (χ3n) is 4.14. The largest absolute Gasteiger partial charge is 0.493 e. The summed E-state index contributed by atoms with van der Waals surface area (Å²) in [5.74, 6) is 1.43. The first kappa shape index (κ1) is 16.1. The van der Waals surface area contributed by atoms with Crippen LogP contribution in [0.3, 0.4) is 0 Å². The van der Waals surface area contributed by atoms with Gasteiger partial charge in [0.2, 0.25) is 0 Å². The van der Waals surface area contributed by atoms with Crippen LogP contribution >= 0.6 is 11.6 Å². The maximum atomic E-state index is 6.01. The minimum absolute atomic E-state index is 0.448. The summed E-state index contributed by atoms with van der Waals surface area (Å²) in [6, 6.07) is 16.3. The van der Waals surface area contributed by atoms with Crippen LogP contribution in [0.4, 0.5) is 0 Å². The second-order valence-electron chi connectivity index (χ2n) is 6.24. The molecule has 1 atom stereocenters. The first-order valence-corrected chi connectivity index (χ1v) is 8.35. The highest BCUT2D eigenvalue weighted by Crippen LogP contribution is 2.37. The van der Waals surface area contributed by atoms with E-state index in [1.807, 2.05) is 18.2 Å². The van der Waals surface area contributed by atoms with E-state index in [0.29, 0.717) is 5.92 Å². The minimum Gasteiger partial charge on any atom is -0.493 e. The summed E-state index contributed by atoms with van der Waals surface area (Å²) in [4.78, 5) is 2.24. The molecule has 1 heterocycles. The van der Waals surface area contributed by atoms with Crippen LogP contribution in [0.5, 0.6) is 5.75 Å². The van der Waals surface area contributed by atoms with Crippen molar-refractivity contribution in [3.05, 3.63) is 64.7 Å². The molecule has 3 heteroatoms. The zero-order valence-corrected chi connectivity index (χ0v) is 14.4. The van der Waals surface area contributed by atoms with E-state index in [-0.39, 0.29) is 0 Å². The zero-order chi connectivity index (χ0) is 16.2. The molecule has 0 radical (unpaired) electrons. The first-order valence-electron chi connectivity index (χ1n) is 7.97. The van der Waals surface area contributed by atoms with E-state index < -0.39 is 0 Å². The second kappa shape index (κ2) is 7.20. The highest BCUT2D eigenvalue weighted by molar-refractivity contribution is 6.30. The molecular weight excluding hydrogens is 306 g/mol. The number of benzene rings is 2. The second-order valence-corrected chi connectivity index (χ2v) is 6.68.